The van der Waals surface area contributed by atoms with E-state index in [1.165, 1.54) is 17.1 Å². The normalized spacial score (nSPS) is 17.8. The van der Waals surface area contributed by atoms with Crippen molar-refractivity contribution in [2.75, 3.05) is 32.7 Å². The molecule has 0 saturated carbocycles. The van der Waals surface area contributed by atoms with E-state index >= 15 is 0 Å². The third kappa shape index (κ3) is 5.76. The fraction of sp³-hybridized carbons (Fsp3) is 0.778. The molecule has 8 nitrogen and oxygen atoms in total. The smallest absolute Gasteiger partial charge is 0.248 e. The van der Waals surface area contributed by atoms with Gasteiger partial charge < -0.3 is 9.84 Å². The third-order valence-electron chi connectivity index (χ3n) is 4.91. The van der Waals surface area contributed by atoms with Crippen LogP contribution in [0, 0.1) is 13.8 Å². The lowest BCUT2D eigenvalue weighted by Gasteiger charge is -2.33. The number of unbranched alkanes of at least 4 members (excludes halogenated alkanes) is 2. The number of rotatable bonds is 9. The minimum atomic E-state index is -3.61. The molecule has 1 amide bonds. The van der Waals surface area contributed by atoms with Crippen LogP contribution in [0.15, 0.2) is 9.42 Å². The second kappa shape index (κ2) is 9.66. The molecular formula is C18H32N4O4S. The van der Waals surface area contributed by atoms with Crippen LogP contribution < -0.4 is 5.32 Å². The average Bonchev–Trinajstić information content (AvgIpc) is 2.94. The molecule has 2 heterocycles. The van der Waals surface area contributed by atoms with Gasteiger partial charge in [-0.1, -0.05) is 31.3 Å². The Bertz CT molecular complexity index is 704. The zero-order chi connectivity index (χ0) is 20.0. The van der Waals surface area contributed by atoms with E-state index in [1.807, 2.05) is 11.8 Å². The SMILES string of the molecule is CCCCCC(C)NC(=O)CN1CCN(S(=O)(=O)c2c(C)noc2C)CC1. The molecule has 1 N–H and O–H groups in total. The van der Waals surface area contributed by atoms with Gasteiger partial charge in [0.15, 0.2) is 5.76 Å². The van der Waals surface area contributed by atoms with Crippen LogP contribution >= 0.6 is 0 Å². The van der Waals surface area contributed by atoms with Gasteiger partial charge in [-0.15, -0.1) is 0 Å². The summed E-state index contributed by atoms with van der Waals surface area (Å²) in [5, 5.41) is 6.77. The molecule has 0 radical (unpaired) electrons. The van der Waals surface area contributed by atoms with Gasteiger partial charge in [0.1, 0.15) is 10.6 Å². The van der Waals surface area contributed by atoms with Crippen molar-refractivity contribution in [1.29, 1.82) is 0 Å². The Kier molecular flexibility index (Phi) is 7.81. The minimum absolute atomic E-state index is 0.000953. The molecule has 1 unspecified atom stereocenters. The first-order valence-corrected chi connectivity index (χ1v) is 11.1. The maximum absolute atomic E-state index is 12.8. The lowest BCUT2D eigenvalue weighted by Crippen LogP contribution is -2.51. The van der Waals surface area contributed by atoms with E-state index < -0.39 is 10.0 Å². The Balaban J connectivity index is 1.82. The van der Waals surface area contributed by atoms with Crippen LogP contribution in [-0.4, -0.2) is 67.5 Å². The van der Waals surface area contributed by atoms with Crippen LogP contribution in [0.25, 0.3) is 0 Å². The molecule has 1 fully saturated rings. The van der Waals surface area contributed by atoms with Crippen molar-refractivity contribution in [3.63, 3.8) is 0 Å². The van der Waals surface area contributed by atoms with Crippen LogP contribution in [0.4, 0.5) is 0 Å². The monoisotopic (exact) mass is 400 g/mol. The van der Waals surface area contributed by atoms with Gasteiger partial charge in [-0.2, -0.15) is 4.31 Å². The highest BCUT2D eigenvalue weighted by Gasteiger charge is 2.33. The molecule has 1 aliphatic heterocycles. The van der Waals surface area contributed by atoms with Crippen molar-refractivity contribution in [2.45, 2.75) is 64.3 Å². The molecule has 1 aliphatic rings. The van der Waals surface area contributed by atoms with Crippen LogP contribution in [0.2, 0.25) is 0 Å². The zero-order valence-corrected chi connectivity index (χ0v) is 17.6. The number of nitrogens with one attached hydrogen (secondary N) is 1. The summed E-state index contributed by atoms with van der Waals surface area (Å²) in [6, 6.07) is 0.172. The molecule has 2 rings (SSSR count). The van der Waals surface area contributed by atoms with E-state index in [0.29, 0.717) is 44.2 Å². The minimum Gasteiger partial charge on any atom is -0.360 e. The third-order valence-corrected chi connectivity index (χ3v) is 7.06. The lowest BCUT2D eigenvalue weighted by molar-refractivity contribution is -0.123. The van der Waals surface area contributed by atoms with E-state index in [4.69, 9.17) is 4.52 Å². The Labute approximate surface area is 162 Å². The highest BCUT2D eigenvalue weighted by Crippen LogP contribution is 2.24. The largest absolute Gasteiger partial charge is 0.360 e. The summed E-state index contributed by atoms with van der Waals surface area (Å²) in [4.78, 5) is 14.4. The number of nitrogens with zero attached hydrogens (tertiary/aromatic N) is 3. The number of piperazine rings is 1. The number of amides is 1. The first-order chi connectivity index (χ1) is 12.8. The van der Waals surface area contributed by atoms with Gasteiger partial charge in [-0.05, 0) is 27.2 Å². The van der Waals surface area contributed by atoms with Gasteiger partial charge in [0.2, 0.25) is 15.9 Å². The van der Waals surface area contributed by atoms with Crippen molar-refractivity contribution in [3.8, 4) is 0 Å². The molecule has 27 heavy (non-hydrogen) atoms. The number of hydrogen-bond donors (Lipinski definition) is 1. The van der Waals surface area contributed by atoms with Gasteiger partial charge in [-0.3, -0.25) is 9.69 Å². The maximum atomic E-state index is 12.8. The first kappa shape index (κ1) is 21.8. The fourth-order valence-electron chi connectivity index (χ4n) is 3.40. The average molecular weight is 401 g/mol. The van der Waals surface area contributed by atoms with Crippen LogP contribution in [-0.2, 0) is 14.8 Å². The summed E-state index contributed by atoms with van der Waals surface area (Å²) in [6.07, 6.45) is 4.46. The van der Waals surface area contributed by atoms with Crippen molar-refractivity contribution in [3.05, 3.63) is 11.5 Å². The summed E-state index contributed by atoms with van der Waals surface area (Å²) in [5.41, 5.74) is 0.381. The summed E-state index contributed by atoms with van der Waals surface area (Å²) < 4.78 is 32.1. The van der Waals surface area contributed by atoms with Crippen molar-refractivity contribution in [2.24, 2.45) is 0 Å². The van der Waals surface area contributed by atoms with Gasteiger partial charge in [0.05, 0.1) is 6.54 Å². The van der Waals surface area contributed by atoms with E-state index in [2.05, 4.69) is 17.4 Å². The van der Waals surface area contributed by atoms with Gasteiger partial charge >= 0.3 is 0 Å². The molecular weight excluding hydrogens is 368 g/mol. The van der Waals surface area contributed by atoms with E-state index in [0.717, 1.165) is 12.8 Å². The summed E-state index contributed by atoms with van der Waals surface area (Å²) in [5.74, 6) is 0.312. The highest BCUT2D eigenvalue weighted by molar-refractivity contribution is 7.89. The fourth-order valence-corrected chi connectivity index (χ4v) is 5.11. The Morgan fingerprint density at radius 2 is 1.89 bits per heavy atom. The molecule has 1 atom stereocenters. The number of hydrogen-bond acceptors (Lipinski definition) is 6. The Morgan fingerprint density at radius 1 is 1.22 bits per heavy atom. The summed E-state index contributed by atoms with van der Waals surface area (Å²) in [7, 11) is -3.61. The van der Waals surface area contributed by atoms with Crippen LogP contribution in [0.1, 0.15) is 51.0 Å². The molecule has 0 aliphatic carbocycles. The number of sulfonamides is 1. The van der Waals surface area contributed by atoms with E-state index in [-0.39, 0.29) is 16.8 Å². The Morgan fingerprint density at radius 3 is 2.44 bits per heavy atom. The molecule has 154 valence electrons. The second-order valence-corrected chi connectivity index (χ2v) is 9.17. The predicted octanol–water partition coefficient (Wildman–Crippen LogP) is 1.68. The van der Waals surface area contributed by atoms with Crippen molar-refractivity contribution in [1.82, 2.24) is 19.7 Å². The summed E-state index contributed by atoms with van der Waals surface area (Å²) >= 11 is 0. The number of carbonyl (C=O) groups excluding carboxylic acids is 1. The summed E-state index contributed by atoms with van der Waals surface area (Å²) in [6.45, 7) is 9.49. The van der Waals surface area contributed by atoms with Crippen LogP contribution in [0.3, 0.4) is 0 Å². The molecule has 1 aromatic rings. The first-order valence-electron chi connectivity index (χ1n) is 9.70. The predicted molar refractivity (Wildman–Crippen MR) is 103 cm³/mol. The van der Waals surface area contributed by atoms with Gasteiger partial charge in [0, 0.05) is 32.2 Å². The van der Waals surface area contributed by atoms with Crippen molar-refractivity contribution < 1.29 is 17.7 Å². The topological polar surface area (TPSA) is 95.8 Å². The standard InChI is InChI=1S/C18H32N4O4S/c1-5-6-7-8-14(2)19-17(23)13-21-9-11-22(12-10-21)27(24,25)18-15(3)20-26-16(18)4/h14H,5-13H2,1-4H3,(H,19,23). The van der Waals surface area contributed by atoms with Gasteiger partial charge in [0.25, 0.3) is 0 Å². The van der Waals surface area contributed by atoms with Gasteiger partial charge in [-0.25, -0.2) is 8.42 Å². The second-order valence-electron chi connectivity index (χ2n) is 7.30. The number of aryl methyl sites for hydroxylation is 2. The van der Waals surface area contributed by atoms with E-state index in [1.54, 1.807) is 13.8 Å². The molecule has 9 heteroatoms. The lowest BCUT2D eigenvalue weighted by atomic mass is 10.1. The molecule has 0 bridgehead atoms. The number of carbonyl (C=O) groups is 1. The molecule has 0 aromatic carbocycles. The number of aromatic nitrogens is 1. The van der Waals surface area contributed by atoms with Crippen LogP contribution in [0.5, 0.6) is 0 Å². The quantitative estimate of drug-likeness (QED) is 0.634. The van der Waals surface area contributed by atoms with E-state index in [9.17, 15) is 13.2 Å². The maximum Gasteiger partial charge on any atom is 0.248 e. The van der Waals surface area contributed by atoms with Crippen molar-refractivity contribution >= 4 is 15.9 Å². The highest BCUT2D eigenvalue weighted by atomic mass is 32.2. The molecule has 1 aromatic heterocycles. The molecule has 0 spiro atoms. The Hall–Kier alpha value is -1.45. The zero-order valence-electron chi connectivity index (χ0n) is 16.8. The molecule has 1 saturated heterocycles.